The maximum Gasteiger partial charge on any atom is 0.260 e. The van der Waals surface area contributed by atoms with Crippen LogP contribution in [0.15, 0.2) is 46.0 Å². The molecular formula is C19H17N3O4S. The number of carbonyl (C=O) groups excluding carboxylic acids is 1. The molecule has 3 aromatic rings. The van der Waals surface area contributed by atoms with Gasteiger partial charge in [0.2, 0.25) is 0 Å². The Labute approximate surface area is 160 Å². The summed E-state index contributed by atoms with van der Waals surface area (Å²) in [4.78, 5) is 21.8. The van der Waals surface area contributed by atoms with Crippen molar-refractivity contribution >= 4 is 23.4 Å². The van der Waals surface area contributed by atoms with Gasteiger partial charge in [-0.2, -0.15) is 0 Å². The van der Waals surface area contributed by atoms with Gasteiger partial charge in [0.05, 0.1) is 17.5 Å². The minimum Gasteiger partial charge on any atom is -0.486 e. The lowest BCUT2D eigenvalue weighted by Gasteiger charge is -2.19. The molecule has 0 aliphatic carbocycles. The van der Waals surface area contributed by atoms with Crippen LogP contribution in [-0.2, 0) is 0 Å². The summed E-state index contributed by atoms with van der Waals surface area (Å²) in [6.45, 7) is 2.79. The Kier molecular flexibility index (Phi) is 4.72. The SMILES string of the molecule is CSc1nc(-c2ccco2)nc(C)c1C(=O)Nc1ccc2c(c1)OCCO2. The van der Waals surface area contributed by atoms with Crippen LogP contribution in [0.25, 0.3) is 11.6 Å². The molecule has 0 bridgehead atoms. The maximum atomic E-state index is 12.9. The van der Waals surface area contributed by atoms with Crippen molar-refractivity contribution in [3.63, 3.8) is 0 Å². The molecule has 1 amide bonds. The van der Waals surface area contributed by atoms with Crippen molar-refractivity contribution in [1.29, 1.82) is 0 Å². The minimum absolute atomic E-state index is 0.278. The summed E-state index contributed by atoms with van der Waals surface area (Å²) in [5, 5.41) is 3.47. The molecule has 2 aromatic heterocycles. The van der Waals surface area contributed by atoms with Crippen LogP contribution >= 0.6 is 11.8 Å². The molecule has 0 saturated carbocycles. The lowest BCUT2D eigenvalue weighted by molar-refractivity contribution is 0.102. The first-order valence-electron chi connectivity index (χ1n) is 8.33. The number of benzene rings is 1. The Morgan fingerprint density at radius 2 is 1.96 bits per heavy atom. The molecule has 138 valence electrons. The van der Waals surface area contributed by atoms with E-state index in [-0.39, 0.29) is 5.91 Å². The van der Waals surface area contributed by atoms with Crippen molar-refractivity contribution < 1.29 is 18.7 Å². The fourth-order valence-electron chi connectivity index (χ4n) is 2.79. The molecular weight excluding hydrogens is 366 g/mol. The van der Waals surface area contributed by atoms with Gasteiger partial charge in [-0.15, -0.1) is 11.8 Å². The number of aromatic nitrogens is 2. The Balaban J connectivity index is 1.63. The minimum atomic E-state index is -0.278. The number of ether oxygens (including phenoxy) is 2. The predicted octanol–water partition coefficient (Wildman–Crippen LogP) is 3.79. The topological polar surface area (TPSA) is 86.5 Å². The molecule has 1 aromatic carbocycles. The molecule has 0 radical (unpaired) electrons. The summed E-state index contributed by atoms with van der Waals surface area (Å²) >= 11 is 1.38. The summed E-state index contributed by atoms with van der Waals surface area (Å²) in [5.74, 6) is 2.03. The summed E-state index contributed by atoms with van der Waals surface area (Å²) in [6.07, 6.45) is 3.43. The number of thioether (sulfide) groups is 1. The second-order valence-corrected chi connectivity index (χ2v) is 6.60. The van der Waals surface area contributed by atoms with Crippen LogP contribution in [0.2, 0.25) is 0 Å². The molecule has 7 nitrogen and oxygen atoms in total. The number of furan rings is 1. The van der Waals surface area contributed by atoms with E-state index < -0.39 is 0 Å². The fourth-order valence-corrected chi connectivity index (χ4v) is 3.41. The number of aryl methyl sites for hydroxylation is 1. The van der Waals surface area contributed by atoms with E-state index in [1.54, 1.807) is 43.5 Å². The van der Waals surface area contributed by atoms with E-state index in [4.69, 9.17) is 13.9 Å². The number of hydrogen-bond acceptors (Lipinski definition) is 7. The van der Waals surface area contributed by atoms with E-state index in [1.165, 1.54) is 11.8 Å². The van der Waals surface area contributed by atoms with Gasteiger partial charge in [-0.3, -0.25) is 4.79 Å². The quantitative estimate of drug-likeness (QED) is 0.542. The largest absolute Gasteiger partial charge is 0.486 e. The molecule has 3 heterocycles. The Morgan fingerprint density at radius 3 is 2.70 bits per heavy atom. The second-order valence-electron chi connectivity index (χ2n) is 5.81. The van der Waals surface area contributed by atoms with Crippen LogP contribution < -0.4 is 14.8 Å². The van der Waals surface area contributed by atoms with Crippen molar-refractivity contribution in [1.82, 2.24) is 9.97 Å². The van der Waals surface area contributed by atoms with Crippen LogP contribution in [0.5, 0.6) is 11.5 Å². The smallest absolute Gasteiger partial charge is 0.260 e. The molecule has 8 heteroatoms. The number of hydrogen-bond donors (Lipinski definition) is 1. The zero-order valence-electron chi connectivity index (χ0n) is 14.8. The standard InChI is InChI=1S/C19H17N3O4S/c1-11-16(19(27-2)22-17(20-11)14-4-3-7-24-14)18(23)21-12-5-6-13-15(10-12)26-9-8-25-13/h3-7,10H,8-9H2,1-2H3,(H,21,23). The average Bonchev–Trinajstić information content (AvgIpc) is 3.22. The third-order valence-electron chi connectivity index (χ3n) is 4.02. The van der Waals surface area contributed by atoms with Gasteiger partial charge in [0.15, 0.2) is 23.1 Å². The van der Waals surface area contributed by atoms with E-state index in [0.717, 1.165) is 0 Å². The van der Waals surface area contributed by atoms with Crippen LogP contribution in [-0.4, -0.2) is 35.3 Å². The fraction of sp³-hybridized carbons (Fsp3) is 0.211. The molecule has 27 heavy (non-hydrogen) atoms. The molecule has 0 spiro atoms. The number of carbonyl (C=O) groups is 1. The number of amides is 1. The number of rotatable bonds is 4. The summed E-state index contributed by atoms with van der Waals surface area (Å²) in [6, 6.07) is 8.86. The highest BCUT2D eigenvalue weighted by Crippen LogP contribution is 2.33. The molecule has 0 atom stereocenters. The van der Waals surface area contributed by atoms with Crippen molar-refractivity contribution in [3.8, 4) is 23.1 Å². The molecule has 0 saturated heterocycles. The summed E-state index contributed by atoms with van der Waals surface area (Å²) in [5.41, 5.74) is 1.63. The van der Waals surface area contributed by atoms with Gasteiger partial charge in [0.1, 0.15) is 18.2 Å². The highest BCUT2D eigenvalue weighted by molar-refractivity contribution is 7.98. The zero-order valence-corrected chi connectivity index (χ0v) is 15.6. The van der Waals surface area contributed by atoms with Gasteiger partial charge in [-0.1, -0.05) is 0 Å². The molecule has 4 rings (SSSR count). The van der Waals surface area contributed by atoms with Crippen molar-refractivity contribution in [2.45, 2.75) is 11.9 Å². The van der Waals surface area contributed by atoms with Gasteiger partial charge < -0.3 is 19.2 Å². The Hall–Kier alpha value is -3.00. The zero-order chi connectivity index (χ0) is 18.8. The van der Waals surface area contributed by atoms with Crippen LogP contribution in [0.4, 0.5) is 5.69 Å². The molecule has 0 fully saturated rings. The first-order chi connectivity index (χ1) is 13.2. The van der Waals surface area contributed by atoms with E-state index in [2.05, 4.69) is 15.3 Å². The van der Waals surface area contributed by atoms with Gasteiger partial charge in [0.25, 0.3) is 5.91 Å². The Bertz CT molecular complexity index is 989. The first kappa shape index (κ1) is 17.4. The molecule has 1 aliphatic rings. The maximum absolute atomic E-state index is 12.9. The highest BCUT2D eigenvalue weighted by atomic mass is 32.2. The van der Waals surface area contributed by atoms with E-state index >= 15 is 0 Å². The number of fused-ring (bicyclic) bond motifs is 1. The monoisotopic (exact) mass is 383 g/mol. The van der Waals surface area contributed by atoms with Crippen LogP contribution in [0.1, 0.15) is 16.1 Å². The molecule has 1 N–H and O–H groups in total. The second kappa shape index (κ2) is 7.32. The lowest BCUT2D eigenvalue weighted by atomic mass is 10.2. The van der Waals surface area contributed by atoms with Gasteiger partial charge in [0, 0.05) is 11.8 Å². The third kappa shape index (κ3) is 3.48. The van der Waals surface area contributed by atoms with Gasteiger partial charge >= 0.3 is 0 Å². The van der Waals surface area contributed by atoms with Crippen molar-refractivity contribution in [2.24, 2.45) is 0 Å². The predicted molar refractivity (Wildman–Crippen MR) is 102 cm³/mol. The van der Waals surface area contributed by atoms with E-state index in [9.17, 15) is 4.79 Å². The average molecular weight is 383 g/mol. The van der Waals surface area contributed by atoms with Crippen LogP contribution in [0.3, 0.4) is 0 Å². The summed E-state index contributed by atoms with van der Waals surface area (Å²) < 4.78 is 16.4. The molecule has 1 aliphatic heterocycles. The van der Waals surface area contributed by atoms with Crippen LogP contribution in [0, 0.1) is 6.92 Å². The van der Waals surface area contributed by atoms with Crippen molar-refractivity contribution in [3.05, 3.63) is 47.9 Å². The molecule has 0 unspecified atom stereocenters. The number of nitrogens with one attached hydrogen (secondary N) is 1. The lowest BCUT2D eigenvalue weighted by Crippen LogP contribution is -2.18. The summed E-state index contributed by atoms with van der Waals surface area (Å²) in [7, 11) is 0. The highest BCUT2D eigenvalue weighted by Gasteiger charge is 2.21. The van der Waals surface area contributed by atoms with Crippen molar-refractivity contribution in [2.75, 3.05) is 24.8 Å². The first-order valence-corrected chi connectivity index (χ1v) is 9.55. The van der Waals surface area contributed by atoms with E-state index in [1.807, 2.05) is 6.26 Å². The van der Waals surface area contributed by atoms with Gasteiger partial charge in [-0.25, -0.2) is 9.97 Å². The van der Waals surface area contributed by atoms with Gasteiger partial charge in [-0.05, 0) is 37.4 Å². The third-order valence-corrected chi connectivity index (χ3v) is 4.70. The number of nitrogens with zero attached hydrogens (tertiary/aromatic N) is 2. The Morgan fingerprint density at radius 1 is 1.15 bits per heavy atom. The van der Waals surface area contributed by atoms with E-state index in [0.29, 0.717) is 58.3 Å². The number of anilines is 1. The normalized spacial score (nSPS) is 12.7.